The van der Waals surface area contributed by atoms with Crippen LogP contribution in [0.25, 0.3) is 0 Å². The Balaban J connectivity index is 1.65. The molecule has 2 atom stereocenters. The second-order valence-electron chi connectivity index (χ2n) is 7.21. The highest BCUT2D eigenvalue weighted by Gasteiger charge is 2.50. The van der Waals surface area contributed by atoms with Crippen molar-refractivity contribution < 1.29 is 22.8 Å². The molecule has 1 fully saturated rings. The van der Waals surface area contributed by atoms with Crippen LogP contribution in [0.5, 0.6) is 0 Å². The van der Waals surface area contributed by atoms with E-state index < -0.39 is 40.9 Å². The van der Waals surface area contributed by atoms with E-state index in [0.29, 0.717) is 13.0 Å². The normalized spacial score (nSPS) is 18.1. The van der Waals surface area contributed by atoms with Gasteiger partial charge in [0.05, 0.1) is 17.5 Å². The third-order valence-corrected chi connectivity index (χ3v) is 4.84. The maximum absolute atomic E-state index is 13.7. The van der Waals surface area contributed by atoms with E-state index in [9.17, 15) is 22.8 Å². The zero-order chi connectivity index (χ0) is 20.4. The Morgan fingerprint density at radius 2 is 1.71 bits per heavy atom. The van der Waals surface area contributed by atoms with Gasteiger partial charge in [0.2, 0.25) is 11.8 Å². The monoisotopic (exact) mass is 390 g/mol. The van der Waals surface area contributed by atoms with Crippen molar-refractivity contribution in [3.8, 4) is 0 Å². The lowest BCUT2D eigenvalue weighted by Crippen LogP contribution is -2.38. The summed E-state index contributed by atoms with van der Waals surface area (Å²) in [6.07, 6.45) is 0.341. The highest BCUT2D eigenvalue weighted by atomic mass is 19.2. The molecule has 1 saturated carbocycles. The predicted octanol–water partition coefficient (Wildman–Crippen LogP) is 4.12. The van der Waals surface area contributed by atoms with Crippen LogP contribution >= 0.6 is 0 Å². The van der Waals surface area contributed by atoms with Crippen LogP contribution < -0.4 is 5.32 Å². The summed E-state index contributed by atoms with van der Waals surface area (Å²) >= 11 is 0. The lowest BCUT2D eigenvalue weighted by atomic mass is 10.1. The molecule has 7 heteroatoms. The maximum Gasteiger partial charge on any atom is 0.228 e. The van der Waals surface area contributed by atoms with Crippen molar-refractivity contribution in [2.24, 2.45) is 11.8 Å². The predicted molar refractivity (Wildman–Crippen MR) is 98.7 cm³/mol. The van der Waals surface area contributed by atoms with Crippen LogP contribution in [0.2, 0.25) is 0 Å². The summed E-state index contributed by atoms with van der Waals surface area (Å²) in [4.78, 5) is 26.9. The summed E-state index contributed by atoms with van der Waals surface area (Å²) in [6, 6.07) is 11.2. The molecule has 2 aromatic rings. The van der Waals surface area contributed by atoms with Crippen molar-refractivity contribution in [2.75, 3.05) is 5.32 Å². The standard InChI is InChI=1S/C21H21F3N2O2/c1-12(2)26(11-13-6-4-3-5-7-13)21(28)15-10-14(15)20(27)25-17-9-8-16(22)18(23)19(17)24/h3-9,12,14-15H,10-11H2,1-2H3,(H,25,27). The molecule has 4 nitrogen and oxygen atoms in total. The Hall–Kier alpha value is -2.83. The summed E-state index contributed by atoms with van der Waals surface area (Å²) < 4.78 is 40.0. The van der Waals surface area contributed by atoms with E-state index in [1.165, 1.54) is 0 Å². The van der Waals surface area contributed by atoms with Gasteiger partial charge in [-0.2, -0.15) is 0 Å². The quantitative estimate of drug-likeness (QED) is 0.755. The van der Waals surface area contributed by atoms with E-state index in [1.807, 2.05) is 44.2 Å². The minimum absolute atomic E-state index is 0.0549. The van der Waals surface area contributed by atoms with Crippen LogP contribution in [0.4, 0.5) is 18.9 Å². The Kier molecular flexibility index (Phi) is 5.72. The van der Waals surface area contributed by atoms with Gasteiger partial charge in [-0.05, 0) is 38.0 Å². The minimum Gasteiger partial charge on any atom is -0.336 e. The number of carbonyl (C=O) groups excluding carboxylic acids is 2. The highest BCUT2D eigenvalue weighted by molar-refractivity contribution is 5.99. The number of amides is 2. The Morgan fingerprint density at radius 1 is 1.04 bits per heavy atom. The first-order valence-electron chi connectivity index (χ1n) is 9.08. The molecule has 0 saturated heterocycles. The zero-order valence-electron chi connectivity index (χ0n) is 15.6. The molecule has 3 rings (SSSR count). The van der Waals surface area contributed by atoms with Gasteiger partial charge in [0.25, 0.3) is 0 Å². The topological polar surface area (TPSA) is 49.4 Å². The van der Waals surface area contributed by atoms with E-state index in [1.54, 1.807) is 4.90 Å². The Bertz CT molecular complexity index is 887. The van der Waals surface area contributed by atoms with Crippen molar-refractivity contribution in [2.45, 2.75) is 32.9 Å². The average molecular weight is 390 g/mol. The van der Waals surface area contributed by atoms with Gasteiger partial charge in [-0.15, -0.1) is 0 Å². The first kappa shape index (κ1) is 19.9. The van der Waals surface area contributed by atoms with Gasteiger partial charge in [0.1, 0.15) is 0 Å². The summed E-state index contributed by atoms with van der Waals surface area (Å²) in [6.45, 7) is 4.23. The molecule has 0 aromatic heterocycles. The van der Waals surface area contributed by atoms with E-state index in [-0.39, 0.29) is 11.9 Å². The fourth-order valence-electron chi connectivity index (χ4n) is 3.11. The molecule has 2 unspecified atom stereocenters. The van der Waals surface area contributed by atoms with Crippen LogP contribution in [0.3, 0.4) is 0 Å². The van der Waals surface area contributed by atoms with Crippen molar-refractivity contribution in [1.82, 2.24) is 4.90 Å². The van der Waals surface area contributed by atoms with Crippen molar-refractivity contribution in [1.29, 1.82) is 0 Å². The molecule has 0 aliphatic heterocycles. The van der Waals surface area contributed by atoms with Crippen LogP contribution in [-0.4, -0.2) is 22.8 Å². The van der Waals surface area contributed by atoms with Gasteiger partial charge in [0, 0.05) is 12.6 Å². The fraction of sp³-hybridized carbons (Fsp3) is 0.333. The third-order valence-electron chi connectivity index (χ3n) is 4.84. The summed E-state index contributed by atoms with van der Waals surface area (Å²) in [5, 5.41) is 2.25. The number of anilines is 1. The number of carbonyl (C=O) groups is 2. The van der Waals surface area contributed by atoms with Crippen LogP contribution in [0.15, 0.2) is 42.5 Å². The second-order valence-corrected chi connectivity index (χ2v) is 7.21. The largest absolute Gasteiger partial charge is 0.336 e. The van der Waals surface area contributed by atoms with Gasteiger partial charge < -0.3 is 10.2 Å². The van der Waals surface area contributed by atoms with Gasteiger partial charge >= 0.3 is 0 Å². The van der Waals surface area contributed by atoms with E-state index in [2.05, 4.69) is 5.32 Å². The van der Waals surface area contributed by atoms with Gasteiger partial charge in [-0.3, -0.25) is 9.59 Å². The van der Waals surface area contributed by atoms with Crippen LogP contribution in [-0.2, 0) is 16.1 Å². The number of halogens is 3. The highest BCUT2D eigenvalue weighted by Crippen LogP contribution is 2.41. The lowest BCUT2D eigenvalue weighted by Gasteiger charge is -2.27. The molecule has 1 aliphatic carbocycles. The van der Waals surface area contributed by atoms with Crippen molar-refractivity contribution in [3.05, 3.63) is 65.5 Å². The van der Waals surface area contributed by atoms with Crippen LogP contribution in [0.1, 0.15) is 25.8 Å². The number of nitrogens with one attached hydrogen (secondary N) is 1. The fourth-order valence-corrected chi connectivity index (χ4v) is 3.11. The molecular weight excluding hydrogens is 369 g/mol. The molecule has 0 radical (unpaired) electrons. The summed E-state index contributed by atoms with van der Waals surface area (Å²) in [5.41, 5.74) is 0.544. The zero-order valence-corrected chi connectivity index (χ0v) is 15.6. The lowest BCUT2D eigenvalue weighted by molar-refractivity contribution is -0.136. The maximum atomic E-state index is 13.7. The summed E-state index contributed by atoms with van der Waals surface area (Å²) in [5.74, 6) is -6.27. The Morgan fingerprint density at radius 3 is 2.36 bits per heavy atom. The number of hydrogen-bond acceptors (Lipinski definition) is 2. The first-order chi connectivity index (χ1) is 13.3. The number of hydrogen-bond donors (Lipinski definition) is 1. The van der Waals surface area contributed by atoms with E-state index in [4.69, 9.17) is 0 Å². The molecule has 0 spiro atoms. The van der Waals surface area contributed by atoms with Crippen LogP contribution in [0, 0.1) is 29.3 Å². The minimum atomic E-state index is -1.64. The molecule has 1 aliphatic rings. The molecule has 0 heterocycles. The van der Waals surface area contributed by atoms with Gasteiger partial charge in [-0.25, -0.2) is 13.2 Å². The van der Waals surface area contributed by atoms with Crippen molar-refractivity contribution >= 4 is 17.5 Å². The smallest absolute Gasteiger partial charge is 0.228 e. The van der Waals surface area contributed by atoms with E-state index in [0.717, 1.165) is 17.7 Å². The Labute approximate surface area is 161 Å². The number of nitrogens with zero attached hydrogens (tertiary/aromatic N) is 1. The molecular formula is C21H21F3N2O2. The second kappa shape index (κ2) is 8.04. The number of benzene rings is 2. The SMILES string of the molecule is CC(C)N(Cc1ccccc1)C(=O)C1CC1C(=O)Nc1ccc(F)c(F)c1F. The third kappa shape index (κ3) is 4.18. The molecule has 28 heavy (non-hydrogen) atoms. The summed E-state index contributed by atoms with van der Waals surface area (Å²) in [7, 11) is 0. The first-order valence-corrected chi connectivity index (χ1v) is 9.08. The van der Waals surface area contributed by atoms with Gasteiger partial charge in [0.15, 0.2) is 17.5 Å². The molecule has 148 valence electrons. The van der Waals surface area contributed by atoms with Gasteiger partial charge in [-0.1, -0.05) is 30.3 Å². The number of rotatable bonds is 6. The molecule has 2 aromatic carbocycles. The average Bonchev–Trinajstić information content (AvgIpc) is 3.47. The molecule has 0 bridgehead atoms. The molecule has 2 amide bonds. The molecule has 1 N–H and O–H groups in total. The van der Waals surface area contributed by atoms with Crippen molar-refractivity contribution in [3.63, 3.8) is 0 Å². The van der Waals surface area contributed by atoms with E-state index >= 15 is 0 Å².